The first kappa shape index (κ1) is 24.9. The Morgan fingerprint density at radius 2 is 1.67 bits per heavy atom. The number of aryl methyl sites for hydroxylation is 2. The van der Waals surface area contributed by atoms with Crippen LogP contribution in [0, 0.1) is 0 Å². The van der Waals surface area contributed by atoms with E-state index in [9.17, 15) is 4.79 Å². The summed E-state index contributed by atoms with van der Waals surface area (Å²) in [6.45, 7) is 2.52. The lowest BCUT2D eigenvalue weighted by atomic mass is 10.0. The SMILES string of the molecule is CC(=O)O.Cn1c(=O)c(-c2cn(CCCN)c3ccccc23)nc2cc(Cc3ccccc3)ccc21. The molecule has 0 amide bonds. The minimum Gasteiger partial charge on any atom is -0.481 e. The molecule has 0 fully saturated rings. The van der Waals surface area contributed by atoms with Crippen LogP contribution in [-0.2, 0) is 24.8 Å². The Balaban J connectivity index is 0.000000709. The van der Waals surface area contributed by atoms with Crippen molar-refractivity contribution in [2.24, 2.45) is 12.8 Å². The number of aromatic nitrogens is 3. The van der Waals surface area contributed by atoms with Crippen molar-refractivity contribution in [1.29, 1.82) is 0 Å². The maximum absolute atomic E-state index is 13.3. The molecule has 0 saturated heterocycles. The molecule has 3 N–H and O–H groups in total. The van der Waals surface area contributed by atoms with Crippen LogP contribution in [0.5, 0.6) is 0 Å². The Hall–Kier alpha value is -4.23. The Morgan fingerprint density at radius 3 is 2.39 bits per heavy atom. The van der Waals surface area contributed by atoms with Crippen molar-refractivity contribution in [2.75, 3.05) is 6.54 Å². The van der Waals surface area contributed by atoms with Crippen molar-refractivity contribution in [2.45, 2.75) is 26.3 Å². The van der Waals surface area contributed by atoms with Gasteiger partial charge in [-0.2, -0.15) is 0 Å². The van der Waals surface area contributed by atoms with Crippen molar-refractivity contribution in [3.63, 3.8) is 0 Å². The fourth-order valence-electron chi connectivity index (χ4n) is 4.38. The number of para-hydroxylation sites is 1. The normalized spacial score (nSPS) is 10.9. The molecule has 0 unspecified atom stereocenters. The van der Waals surface area contributed by atoms with Crippen LogP contribution in [0.25, 0.3) is 33.2 Å². The minimum atomic E-state index is -0.833. The van der Waals surface area contributed by atoms with E-state index in [0.717, 1.165) is 53.8 Å². The van der Waals surface area contributed by atoms with Gasteiger partial charge >= 0.3 is 0 Å². The molecule has 3 aromatic carbocycles. The summed E-state index contributed by atoms with van der Waals surface area (Å²) >= 11 is 0. The van der Waals surface area contributed by atoms with Gasteiger partial charge in [-0.3, -0.25) is 9.59 Å². The van der Waals surface area contributed by atoms with Gasteiger partial charge < -0.3 is 20.0 Å². The quantitative estimate of drug-likeness (QED) is 0.369. The van der Waals surface area contributed by atoms with Crippen LogP contribution in [0.1, 0.15) is 24.5 Å². The van der Waals surface area contributed by atoms with Gasteiger partial charge in [0.15, 0.2) is 0 Å². The van der Waals surface area contributed by atoms with Gasteiger partial charge in [0.2, 0.25) is 0 Å². The average Bonchev–Trinajstić information content (AvgIpc) is 3.23. The van der Waals surface area contributed by atoms with E-state index in [-0.39, 0.29) is 5.56 Å². The van der Waals surface area contributed by atoms with Crippen molar-refractivity contribution in [3.05, 3.63) is 100 Å². The molecule has 0 aliphatic heterocycles. The molecule has 7 heteroatoms. The molecule has 0 aliphatic carbocycles. The summed E-state index contributed by atoms with van der Waals surface area (Å²) in [4.78, 5) is 27.2. The van der Waals surface area contributed by atoms with Gasteiger partial charge in [0.05, 0.1) is 11.0 Å². The molecule has 0 radical (unpaired) electrons. The van der Waals surface area contributed by atoms with Gasteiger partial charge in [-0.1, -0.05) is 54.6 Å². The monoisotopic (exact) mass is 482 g/mol. The number of carboxylic acid groups (broad SMARTS) is 1. The molecule has 0 saturated carbocycles. The second kappa shape index (κ2) is 11.0. The first-order valence-electron chi connectivity index (χ1n) is 11.9. The van der Waals surface area contributed by atoms with Gasteiger partial charge in [0, 0.05) is 43.2 Å². The largest absolute Gasteiger partial charge is 0.481 e. The third-order valence-electron chi connectivity index (χ3n) is 6.04. The van der Waals surface area contributed by atoms with Gasteiger partial charge in [-0.15, -0.1) is 0 Å². The van der Waals surface area contributed by atoms with Crippen molar-refractivity contribution in [1.82, 2.24) is 14.1 Å². The number of benzene rings is 3. The maximum Gasteiger partial charge on any atom is 0.300 e. The highest BCUT2D eigenvalue weighted by Gasteiger charge is 2.17. The molecule has 36 heavy (non-hydrogen) atoms. The molecule has 5 rings (SSSR count). The van der Waals surface area contributed by atoms with E-state index < -0.39 is 5.97 Å². The highest BCUT2D eigenvalue weighted by molar-refractivity contribution is 5.96. The summed E-state index contributed by atoms with van der Waals surface area (Å²) in [5.74, 6) is -0.833. The van der Waals surface area contributed by atoms with Gasteiger partial charge in [0.1, 0.15) is 5.69 Å². The van der Waals surface area contributed by atoms with E-state index in [4.69, 9.17) is 20.6 Å². The molecule has 7 nitrogen and oxygen atoms in total. The first-order valence-corrected chi connectivity index (χ1v) is 11.9. The molecule has 0 aliphatic rings. The Labute approximate surface area is 209 Å². The lowest BCUT2D eigenvalue weighted by molar-refractivity contribution is -0.134. The highest BCUT2D eigenvalue weighted by Crippen LogP contribution is 2.29. The fraction of sp³-hybridized carbons (Fsp3) is 0.207. The summed E-state index contributed by atoms with van der Waals surface area (Å²) in [7, 11) is 1.82. The van der Waals surface area contributed by atoms with Crippen LogP contribution in [0.3, 0.4) is 0 Å². The van der Waals surface area contributed by atoms with E-state index >= 15 is 0 Å². The predicted octanol–water partition coefficient (Wildman–Crippen LogP) is 4.59. The van der Waals surface area contributed by atoms with E-state index in [2.05, 4.69) is 53.1 Å². The van der Waals surface area contributed by atoms with Gasteiger partial charge in [-0.25, -0.2) is 4.98 Å². The number of aliphatic carboxylic acids is 1. The summed E-state index contributed by atoms with van der Waals surface area (Å²) in [5.41, 5.74) is 12.2. The number of hydrogen-bond donors (Lipinski definition) is 2. The fourth-order valence-corrected chi connectivity index (χ4v) is 4.38. The molecule has 0 atom stereocenters. The number of nitrogens with zero attached hydrogens (tertiary/aromatic N) is 3. The Bertz CT molecular complexity index is 1560. The highest BCUT2D eigenvalue weighted by atomic mass is 16.4. The second-order valence-electron chi connectivity index (χ2n) is 8.72. The number of carbonyl (C=O) groups is 1. The van der Waals surface area contributed by atoms with Crippen molar-refractivity contribution in [3.8, 4) is 11.3 Å². The predicted molar refractivity (Wildman–Crippen MR) is 144 cm³/mol. The van der Waals surface area contributed by atoms with Gasteiger partial charge in [-0.05, 0) is 48.7 Å². The number of nitrogens with two attached hydrogens (primary N) is 1. The summed E-state index contributed by atoms with van der Waals surface area (Å²) in [5, 5.41) is 8.45. The number of hydrogen-bond acceptors (Lipinski definition) is 4. The van der Waals surface area contributed by atoms with Crippen LogP contribution in [-0.4, -0.2) is 31.7 Å². The molecule has 0 spiro atoms. The Morgan fingerprint density at radius 1 is 0.972 bits per heavy atom. The molecule has 0 bridgehead atoms. The zero-order valence-electron chi connectivity index (χ0n) is 20.5. The molecule has 5 aromatic rings. The number of fused-ring (bicyclic) bond motifs is 2. The molecular formula is C29H30N4O3. The number of carboxylic acids is 1. The van der Waals surface area contributed by atoms with Crippen LogP contribution < -0.4 is 11.3 Å². The maximum atomic E-state index is 13.3. The molecule has 2 aromatic heterocycles. The first-order chi connectivity index (χ1) is 17.4. The van der Waals surface area contributed by atoms with Crippen molar-refractivity contribution >= 4 is 27.9 Å². The lowest BCUT2D eigenvalue weighted by Gasteiger charge is -2.10. The summed E-state index contributed by atoms with van der Waals surface area (Å²) in [6.07, 6.45) is 3.75. The summed E-state index contributed by atoms with van der Waals surface area (Å²) < 4.78 is 3.88. The van der Waals surface area contributed by atoms with Crippen LogP contribution in [0.2, 0.25) is 0 Å². The second-order valence-corrected chi connectivity index (χ2v) is 8.72. The van der Waals surface area contributed by atoms with Crippen LogP contribution in [0.4, 0.5) is 0 Å². The lowest BCUT2D eigenvalue weighted by Crippen LogP contribution is -2.20. The molecule has 2 heterocycles. The van der Waals surface area contributed by atoms with Gasteiger partial charge in [0.25, 0.3) is 11.5 Å². The smallest absolute Gasteiger partial charge is 0.300 e. The summed E-state index contributed by atoms with van der Waals surface area (Å²) in [6, 6.07) is 24.7. The third-order valence-corrected chi connectivity index (χ3v) is 6.04. The standard InChI is InChI=1S/C27H26N4O.C2H4O2/c1-30-25-13-12-20(16-19-8-3-2-4-9-19)17-23(25)29-26(27(30)32)22-18-31(15-7-14-28)24-11-6-5-10-21(22)24;1-2(3)4/h2-6,8-13,17-18H,7,14-16,28H2,1H3;1H3,(H,3,4). The van der Waals surface area contributed by atoms with E-state index in [1.807, 2.05) is 37.5 Å². The average molecular weight is 483 g/mol. The Kier molecular flexibility index (Phi) is 7.61. The molecule has 184 valence electrons. The number of rotatable bonds is 6. The van der Waals surface area contributed by atoms with Crippen LogP contribution in [0.15, 0.2) is 83.8 Å². The zero-order valence-corrected chi connectivity index (χ0v) is 20.5. The van der Waals surface area contributed by atoms with E-state index in [1.54, 1.807) is 4.57 Å². The van der Waals surface area contributed by atoms with E-state index in [0.29, 0.717) is 12.2 Å². The molecular weight excluding hydrogens is 452 g/mol. The topological polar surface area (TPSA) is 103 Å². The zero-order chi connectivity index (χ0) is 25.7. The minimum absolute atomic E-state index is 0.0879. The van der Waals surface area contributed by atoms with Crippen molar-refractivity contribution < 1.29 is 9.90 Å². The van der Waals surface area contributed by atoms with E-state index in [1.165, 1.54) is 11.1 Å². The third kappa shape index (κ3) is 5.37. The van der Waals surface area contributed by atoms with Crippen LogP contribution >= 0.6 is 0 Å².